The molecular weight excluding hydrogens is 366 g/mol. The highest BCUT2D eigenvalue weighted by atomic mass is 16.5. The van der Waals surface area contributed by atoms with Gasteiger partial charge in [-0.25, -0.2) is 0 Å². The standard InChI is InChI=1S/C23H33N3O3/c1-5-17-9-11-18(12-10-17)16-25-21(27)19-8-7-14-26(19)22(28)20(24)23(3,4)13-15-29-6-2/h1,9-12,19-20H,6-8,13-16,24H2,2-4H3,(H,25,27). The Morgan fingerprint density at radius 2 is 2.07 bits per heavy atom. The molecule has 2 atom stereocenters. The van der Waals surface area contributed by atoms with Crippen molar-refractivity contribution in [1.82, 2.24) is 10.2 Å². The molecule has 0 aromatic heterocycles. The molecule has 2 unspecified atom stereocenters. The predicted octanol–water partition coefficient (Wildman–Crippen LogP) is 2.06. The van der Waals surface area contributed by atoms with Gasteiger partial charge in [0.15, 0.2) is 0 Å². The molecule has 1 saturated heterocycles. The van der Waals surface area contributed by atoms with Crippen LogP contribution in [-0.2, 0) is 20.9 Å². The van der Waals surface area contributed by atoms with Gasteiger partial charge in [-0.05, 0) is 49.3 Å². The molecule has 1 aromatic rings. The van der Waals surface area contributed by atoms with Crippen LogP contribution in [0.4, 0.5) is 0 Å². The Kier molecular flexibility index (Phi) is 8.24. The Labute approximate surface area is 174 Å². The van der Waals surface area contributed by atoms with Gasteiger partial charge >= 0.3 is 0 Å². The Morgan fingerprint density at radius 1 is 1.38 bits per heavy atom. The third kappa shape index (κ3) is 6.06. The Balaban J connectivity index is 1.95. The number of ether oxygens (including phenoxy) is 1. The van der Waals surface area contributed by atoms with E-state index < -0.39 is 17.5 Å². The summed E-state index contributed by atoms with van der Waals surface area (Å²) in [5.74, 6) is 2.26. The molecule has 0 saturated carbocycles. The highest BCUT2D eigenvalue weighted by molar-refractivity contribution is 5.90. The van der Waals surface area contributed by atoms with Gasteiger partial charge in [-0.2, -0.15) is 0 Å². The van der Waals surface area contributed by atoms with Crippen LogP contribution in [0.1, 0.15) is 51.2 Å². The van der Waals surface area contributed by atoms with Crippen LogP contribution in [0.25, 0.3) is 0 Å². The van der Waals surface area contributed by atoms with E-state index in [4.69, 9.17) is 16.9 Å². The van der Waals surface area contributed by atoms with Gasteiger partial charge < -0.3 is 20.7 Å². The minimum absolute atomic E-state index is 0.142. The maximum Gasteiger partial charge on any atom is 0.243 e. The summed E-state index contributed by atoms with van der Waals surface area (Å²) >= 11 is 0. The maximum atomic E-state index is 13.0. The molecule has 3 N–H and O–H groups in total. The molecule has 2 rings (SSSR count). The van der Waals surface area contributed by atoms with Crippen LogP contribution in [0, 0.1) is 17.8 Å². The minimum atomic E-state index is -0.673. The van der Waals surface area contributed by atoms with Crippen molar-refractivity contribution in [3.8, 4) is 12.3 Å². The fourth-order valence-corrected chi connectivity index (χ4v) is 3.48. The third-order valence-corrected chi connectivity index (χ3v) is 5.63. The van der Waals surface area contributed by atoms with E-state index in [9.17, 15) is 9.59 Å². The number of hydrogen-bond donors (Lipinski definition) is 2. The topological polar surface area (TPSA) is 84.7 Å². The van der Waals surface area contributed by atoms with Gasteiger partial charge in [-0.1, -0.05) is 31.9 Å². The Hall–Kier alpha value is -2.36. The van der Waals surface area contributed by atoms with Gasteiger partial charge in [0.05, 0.1) is 6.04 Å². The second-order valence-electron chi connectivity index (χ2n) is 8.16. The van der Waals surface area contributed by atoms with Crippen molar-refractivity contribution in [3.05, 3.63) is 35.4 Å². The first-order valence-electron chi connectivity index (χ1n) is 10.3. The highest BCUT2D eigenvalue weighted by Gasteiger charge is 2.40. The number of nitrogens with zero attached hydrogens (tertiary/aromatic N) is 1. The SMILES string of the molecule is C#Cc1ccc(CNC(=O)C2CCCN2C(=O)C(N)C(C)(C)CCOCC)cc1. The number of amides is 2. The van der Waals surface area contributed by atoms with Gasteiger partial charge in [-0.15, -0.1) is 6.42 Å². The lowest BCUT2D eigenvalue weighted by atomic mass is 9.81. The van der Waals surface area contributed by atoms with Gasteiger partial charge in [0.1, 0.15) is 6.04 Å². The average molecular weight is 400 g/mol. The van der Waals surface area contributed by atoms with Crippen LogP contribution in [0.2, 0.25) is 0 Å². The van der Waals surface area contributed by atoms with Gasteiger partial charge in [0, 0.05) is 31.9 Å². The summed E-state index contributed by atoms with van der Waals surface area (Å²) in [6.45, 7) is 8.04. The smallest absolute Gasteiger partial charge is 0.243 e. The summed E-state index contributed by atoms with van der Waals surface area (Å²) in [5, 5.41) is 2.94. The summed E-state index contributed by atoms with van der Waals surface area (Å²) in [5.41, 5.74) is 7.67. The summed E-state index contributed by atoms with van der Waals surface area (Å²) in [6, 6.07) is 6.33. The van der Waals surface area contributed by atoms with Crippen LogP contribution < -0.4 is 11.1 Å². The molecule has 1 aromatic carbocycles. The zero-order valence-electron chi connectivity index (χ0n) is 17.7. The number of carbonyl (C=O) groups is 2. The van der Waals surface area contributed by atoms with Crippen LogP contribution in [0.3, 0.4) is 0 Å². The van der Waals surface area contributed by atoms with Crippen LogP contribution in [0.5, 0.6) is 0 Å². The molecule has 1 heterocycles. The fourth-order valence-electron chi connectivity index (χ4n) is 3.48. The van der Waals surface area contributed by atoms with E-state index in [0.717, 1.165) is 17.5 Å². The molecule has 0 aliphatic carbocycles. The van der Waals surface area contributed by atoms with Crippen molar-refractivity contribution in [3.63, 3.8) is 0 Å². The number of benzene rings is 1. The number of likely N-dealkylation sites (tertiary alicyclic amines) is 1. The molecule has 1 aliphatic rings. The first-order chi connectivity index (χ1) is 13.8. The van der Waals surface area contributed by atoms with Gasteiger partial charge in [0.25, 0.3) is 0 Å². The van der Waals surface area contributed by atoms with E-state index in [1.807, 2.05) is 45.0 Å². The number of rotatable bonds is 9. The number of hydrogen-bond acceptors (Lipinski definition) is 4. The van der Waals surface area contributed by atoms with Crippen molar-refractivity contribution >= 4 is 11.8 Å². The van der Waals surface area contributed by atoms with E-state index in [2.05, 4.69) is 11.2 Å². The number of terminal acetylenes is 1. The zero-order valence-corrected chi connectivity index (χ0v) is 17.7. The Morgan fingerprint density at radius 3 is 2.69 bits per heavy atom. The third-order valence-electron chi connectivity index (χ3n) is 5.63. The number of nitrogens with one attached hydrogen (secondary N) is 1. The lowest BCUT2D eigenvalue weighted by Crippen LogP contribution is -2.55. The van der Waals surface area contributed by atoms with Crippen molar-refractivity contribution in [2.45, 2.75) is 58.7 Å². The van der Waals surface area contributed by atoms with Gasteiger partial charge in [-0.3, -0.25) is 9.59 Å². The summed E-state index contributed by atoms with van der Waals surface area (Å²) in [4.78, 5) is 27.4. The summed E-state index contributed by atoms with van der Waals surface area (Å²) in [6.07, 6.45) is 7.50. The first kappa shape index (κ1) is 22.9. The minimum Gasteiger partial charge on any atom is -0.382 e. The zero-order chi connectivity index (χ0) is 21.4. The highest BCUT2D eigenvalue weighted by Crippen LogP contribution is 2.28. The molecule has 158 valence electrons. The average Bonchev–Trinajstić information content (AvgIpc) is 3.21. The van der Waals surface area contributed by atoms with E-state index in [1.54, 1.807) is 4.90 Å². The second-order valence-corrected chi connectivity index (χ2v) is 8.16. The lowest BCUT2D eigenvalue weighted by molar-refractivity contribution is -0.141. The number of carbonyl (C=O) groups excluding carboxylic acids is 2. The molecule has 0 radical (unpaired) electrons. The molecule has 29 heavy (non-hydrogen) atoms. The molecule has 1 aliphatic heterocycles. The molecule has 0 spiro atoms. The number of nitrogens with two attached hydrogens (primary N) is 1. The summed E-state index contributed by atoms with van der Waals surface area (Å²) in [7, 11) is 0. The van der Waals surface area contributed by atoms with Gasteiger partial charge in [0.2, 0.25) is 11.8 Å². The van der Waals surface area contributed by atoms with E-state index in [-0.39, 0.29) is 11.8 Å². The monoisotopic (exact) mass is 399 g/mol. The van der Waals surface area contributed by atoms with Crippen molar-refractivity contribution in [2.24, 2.45) is 11.1 Å². The van der Waals surface area contributed by atoms with E-state index in [0.29, 0.717) is 39.1 Å². The molecule has 2 amide bonds. The van der Waals surface area contributed by atoms with Crippen LogP contribution >= 0.6 is 0 Å². The maximum absolute atomic E-state index is 13.0. The molecular formula is C23H33N3O3. The van der Waals surface area contributed by atoms with Crippen molar-refractivity contribution < 1.29 is 14.3 Å². The fraction of sp³-hybridized carbons (Fsp3) is 0.565. The molecule has 6 nitrogen and oxygen atoms in total. The predicted molar refractivity (Wildman–Crippen MR) is 114 cm³/mol. The van der Waals surface area contributed by atoms with Crippen molar-refractivity contribution in [2.75, 3.05) is 19.8 Å². The van der Waals surface area contributed by atoms with E-state index >= 15 is 0 Å². The van der Waals surface area contributed by atoms with Crippen LogP contribution in [0.15, 0.2) is 24.3 Å². The lowest BCUT2D eigenvalue weighted by Gasteiger charge is -2.35. The normalized spacial score (nSPS) is 17.6. The summed E-state index contributed by atoms with van der Waals surface area (Å²) < 4.78 is 5.42. The van der Waals surface area contributed by atoms with Crippen LogP contribution in [-0.4, -0.2) is 48.6 Å². The van der Waals surface area contributed by atoms with E-state index in [1.165, 1.54) is 0 Å². The Bertz CT molecular complexity index is 737. The molecule has 6 heteroatoms. The second kappa shape index (κ2) is 10.4. The van der Waals surface area contributed by atoms with Crippen molar-refractivity contribution in [1.29, 1.82) is 0 Å². The molecule has 0 bridgehead atoms. The quantitative estimate of drug-likeness (QED) is 0.492. The largest absolute Gasteiger partial charge is 0.382 e. The molecule has 1 fully saturated rings. The first-order valence-corrected chi connectivity index (χ1v) is 10.3.